The molecule has 0 spiro atoms. The molecule has 0 bridgehead atoms. The highest BCUT2D eigenvalue weighted by atomic mass is 16.1. The zero-order valence-corrected chi connectivity index (χ0v) is 10.7. The smallest absolute Gasteiger partial charge is 0.221 e. The molecule has 1 fully saturated rings. The van der Waals surface area contributed by atoms with Crippen LogP contribution in [0, 0.1) is 0 Å². The van der Waals surface area contributed by atoms with Gasteiger partial charge in [0.2, 0.25) is 5.91 Å². The molecule has 1 saturated carbocycles. The molecule has 4 heteroatoms. The maximum Gasteiger partial charge on any atom is 0.221 e. The Labute approximate surface area is 108 Å². The molecule has 0 radical (unpaired) electrons. The average Bonchev–Trinajstić information content (AvgIpc) is 2.41. The van der Waals surface area contributed by atoms with E-state index >= 15 is 0 Å². The lowest BCUT2D eigenvalue weighted by Crippen LogP contribution is -2.36. The highest BCUT2D eigenvalue weighted by molar-refractivity contribution is 5.76. The number of anilines is 1. The van der Waals surface area contributed by atoms with Gasteiger partial charge in [0.25, 0.3) is 0 Å². The molecule has 98 valence electrons. The molecule has 2 rings (SSSR count). The van der Waals surface area contributed by atoms with Crippen molar-refractivity contribution in [2.45, 2.75) is 44.6 Å². The monoisotopic (exact) mass is 247 g/mol. The van der Waals surface area contributed by atoms with E-state index in [2.05, 4.69) is 15.6 Å². The molecule has 18 heavy (non-hydrogen) atoms. The van der Waals surface area contributed by atoms with Crippen molar-refractivity contribution in [1.82, 2.24) is 10.3 Å². The summed E-state index contributed by atoms with van der Waals surface area (Å²) in [6.45, 7) is 0.634. The van der Waals surface area contributed by atoms with Crippen molar-refractivity contribution >= 4 is 11.7 Å². The SMILES string of the molecule is O=C(CCNc1ccccn1)NC1CCCCC1. The number of pyridine rings is 1. The Bertz CT molecular complexity index is 361. The molecule has 0 aromatic carbocycles. The van der Waals surface area contributed by atoms with Gasteiger partial charge in [0.15, 0.2) is 0 Å². The fourth-order valence-electron chi connectivity index (χ4n) is 2.32. The van der Waals surface area contributed by atoms with Gasteiger partial charge in [-0.1, -0.05) is 25.3 Å². The van der Waals surface area contributed by atoms with Crippen molar-refractivity contribution in [2.75, 3.05) is 11.9 Å². The molecule has 1 aromatic heterocycles. The third kappa shape index (κ3) is 4.35. The van der Waals surface area contributed by atoms with Gasteiger partial charge in [0, 0.05) is 25.2 Å². The van der Waals surface area contributed by atoms with Crippen LogP contribution in [-0.2, 0) is 4.79 Å². The minimum atomic E-state index is 0.144. The van der Waals surface area contributed by atoms with Crippen molar-refractivity contribution < 1.29 is 4.79 Å². The summed E-state index contributed by atoms with van der Waals surface area (Å²) < 4.78 is 0. The first kappa shape index (κ1) is 12.9. The molecule has 2 N–H and O–H groups in total. The number of nitrogens with one attached hydrogen (secondary N) is 2. The molecule has 1 heterocycles. The van der Waals surface area contributed by atoms with Gasteiger partial charge in [-0.05, 0) is 25.0 Å². The fraction of sp³-hybridized carbons (Fsp3) is 0.571. The zero-order valence-electron chi connectivity index (χ0n) is 10.7. The first-order chi connectivity index (χ1) is 8.84. The van der Waals surface area contributed by atoms with Gasteiger partial charge in [0.1, 0.15) is 5.82 Å². The molecule has 0 atom stereocenters. The van der Waals surface area contributed by atoms with Crippen molar-refractivity contribution in [3.8, 4) is 0 Å². The summed E-state index contributed by atoms with van der Waals surface area (Å²) in [5, 5.41) is 6.25. The van der Waals surface area contributed by atoms with Crippen LogP contribution in [0.1, 0.15) is 38.5 Å². The second-order valence-electron chi connectivity index (χ2n) is 4.79. The molecular formula is C14H21N3O. The molecule has 1 amide bonds. The number of hydrogen-bond donors (Lipinski definition) is 2. The molecule has 0 unspecified atom stereocenters. The number of nitrogens with zero attached hydrogens (tertiary/aromatic N) is 1. The van der Waals surface area contributed by atoms with E-state index in [-0.39, 0.29) is 5.91 Å². The van der Waals surface area contributed by atoms with Crippen molar-refractivity contribution in [1.29, 1.82) is 0 Å². The number of amides is 1. The minimum Gasteiger partial charge on any atom is -0.370 e. The van der Waals surface area contributed by atoms with Crippen LogP contribution in [0.4, 0.5) is 5.82 Å². The number of rotatable bonds is 5. The Hall–Kier alpha value is -1.58. The molecule has 0 saturated heterocycles. The van der Waals surface area contributed by atoms with Crippen LogP contribution in [0.5, 0.6) is 0 Å². The van der Waals surface area contributed by atoms with Crippen LogP contribution < -0.4 is 10.6 Å². The summed E-state index contributed by atoms with van der Waals surface area (Å²) in [5.74, 6) is 0.966. The Morgan fingerprint density at radius 2 is 2.11 bits per heavy atom. The summed E-state index contributed by atoms with van der Waals surface area (Å²) >= 11 is 0. The molecule has 1 aromatic rings. The molecule has 1 aliphatic rings. The lowest BCUT2D eigenvalue weighted by atomic mass is 9.95. The predicted octanol–water partition coefficient (Wildman–Crippen LogP) is 2.33. The number of carbonyl (C=O) groups is 1. The third-order valence-electron chi connectivity index (χ3n) is 3.29. The van der Waals surface area contributed by atoms with E-state index in [1.165, 1.54) is 19.3 Å². The van der Waals surface area contributed by atoms with Crippen molar-refractivity contribution in [3.05, 3.63) is 24.4 Å². The average molecular weight is 247 g/mol. The van der Waals surface area contributed by atoms with E-state index in [1.54, 1.807) is 6.20 Å². The second-order valence-corrected chi connectivity index (χ2v) is 4.79. The van der Waals surface area contributed by atoms with E-state index in [0.29, 0.717) is 19.0 Å². The summed E-state index contributed by atoms with van der Waals surface area (Å²) in [6.07, 6.45) is 8.33. The topological polar surface area (TPSA) is 54.0 Å². The largest absolute Gasteiger partial charge is 0.370 e. The Kier molecular flexibility index (Phi) is 5.00. The van der Waals surface area contributed by atoms with Gasteiger partial charge in [-0.15, -0.1) is 0 Å². The number of aromatic nitrogens is 1. The first-order valence-corrected chi connectivity index (χ1v) is 6.79. The van der Waals surface area contributed by atoms with Crippen molar-refractivity contribution in [2.24, 2.45) is 0 Å². The van der Waals surface area contributed by atoms with E-state index in [4.69, 9.17) is 0 Å². The van der Waals surface area contributed by atoms with Crippen LogP contribution in [-0.4, -0.2) is 23.5 Å². The second kappa shape index (κ2) is 6.99. The predicted molar refractivity (Wildman–Crippen MR) is 72.4 cm³/mol. The van der Waals surface area contributed by atoms with Gasteiger partial charge in [-0.3, -0.25) is 4.79 Å². The van der Waals surface area contributed by atoms with Crippen LogP contribution in [0.2, 0.25) is 0 Å². The van der Waals surface area contributed by atoms with Crippen molar-refractivity contribution in [3.63, 3.8) is 0 Å². The normalized spacial score (nSPS) is 16.2. The van der Waals surface area contributed by atoms with Gasteiger partial charge < -0.3 is 10.6 Å². The van der Waals surface area contributed by atoms with E-state index in [0.717, 1.165) is 18.7 Å². The fourth-order valence-corrected chi connectivity index (χ4v) is 2.32. The minimum absolute atomic E-state index is 0.144. The standard InChI is InChI=1S/C14H21N3O/c18-14(17-12-6-2-1-3-7-12)9-11-16-13-8-4-5-10-15-13/h4-5,8,10,12H,1-3,6-7,9,11H2,(H,15,16)(H,17,18). The maximum absolute atomic E-state index is 11.7. The quantitative estimate of drug-likeness (QED) is 0.839. The van der Waals surface area contributed by atoms with Gasteiger partial charge in [-0.25, -0.2) is 4.98 Å². The van der Waals surface area contributed by atoms with Crippen LogP contribution in [0.25, 0.3) is 0 Å². The Morgan fingerprint density at radius 1 is 1.28 bits per heavy atom. The highest BCUT2D eigenvalue weighted by Gasteiger charge is 2.15. The molecule has 4 nitrogen and oxygen atoms in total. The third-order valence-corrected chi connectivity index (χ3v) is 3.29. The highest BCUT2D eigenvalue weighted by Crippen LogP contribution is 2.17. The van der Waals surface area contributed by atoms with Crippen LogP contribution >= 0.6 is 0 Å². The summed E-state index contributed by atoms with van der Waals surface area (Å²) in [4.78, 5) is 15.9. The first-order valence-electron chi connectivity index (χ1n) is 6.79. The Morgan fingerprint density at radius 3 is 2.83 bits per heavy atom. The van der Waals surface area contributed by atoms with Gasteiger partial charge in [0.05, 0.1) is 0 Å². The van der Waals surface area contributed by atoms with Gasteiger partial charge in [-0.2, -0.15) is 0 Å². The van der Waals surface area contributed by atoms with Crippen LogP contribution in [0.3, 0.4) is 0 Å². The lowest BCUT2D eigenvalue weighted by Gasteiger charge is -2.22. The maximum atomic E-state index is 11.7. The van der Waals surface area contributed by atoms with E-state index in [1.807, 2.05) is 18.2 Å². The summed E-state index contributed by atoms with van der Waals surface area (Å²) in [5.41, 5.74) is 0. The molecule has 0 aliphatic heterocycles. The zero-order chi connectivity index (χ0) is 12.6. The van der Waals surface area contributed by atoms with E-state index < -0.39 is 0 Å². The lowest BCUT2D eigenvalue weighted by molar-refractivity contribution is -0.121. The molecular weight excluding hydrogens is 226 g/mol. The van der Waals surface area contributed by atoms with Crippen LogP contribution in [0.15, 0.2) is 24.4 Å². The van der Waals surface area contributed by atoms with E-state index in [9.17, 15) is 4.79 Å². The molecule has 1 aliphatic carbocycles. The number of hydrogen-bond acceptors (Lipinski definition) is 3. The summed E-state index contributed by atoms with van der Waals surface area (Å²) in [6, 6.07) is 6.11. The van der Waals surface area contributed by atoms with Gasteiger partial charge >= 0.3 is 0 Å². The Balaban J connectivity index is 1.62. The summed E-state index contributed by atoms with van der Waals surface area (Å²) in [7, 11) is 0. The number of carbonyl (C=O) groups excluding carboxylic acids is 1.